The molecule has 1 N–H and O–H groups in total. The average Bonchev–Trinajstić information content (AvgIpc) is 3.14. The van der Waals surface area contributed by atoms with Gasteiger partial charge in [0.1, 0.15) is 5.01 Å². The standard InChI is InChI=1S/C22H24ClN3OS/c1-26(15-17-8-3-2-4-9-17)13-7-12-24-21(27)14-18-16-28-22(25-18)19-10-5-6-11-20(19)23/h2-6,8-11,16H,7,12-15H2,1H3,(H,24,27). The minimum atomic E-state index is 0.00159. The number of halogens is 1. The number of hydrogen-bond acceptors (Lipinski definition) is 4. The molecule has 0 bridgehead atoms. The number of amides is 1. The number of aromatic nitrogens is 1. The molecule has 4 nitrogen and oxygen atoms in total. The molecular formula is C22H24ClN3OS. The number of carbonyl (C=O) groups excluding carboxylic acids is 1. The molecule has 0 radical (unpaired) electrons. The van der Waals surface area contributed by atoms with Gasteiger partial charge in [-0.3, -0.25) is 4.79 Å². The first-order valence-corrected chi connectivity index (χ1v) is 10.6. The summed E-state index contributed by atoms with van der Waals surface area (Å²) < 4.78 is 0. The lowest BCUT2D eigenvalue weighted by molar-refractivity contribution is -0.120. The van der Waals surface area contributed by atoms with Gasteiger partial charge in [0.25, 0.3) is 0 Å². The molecule has 0 unspecified atom stereocenters. The predicted octanol–water partition coefficient (Wildman–Crippen LogP) is 4.64. The molecule has 3 aromatic rings. The lowest BCUT2D eigenvalue weighted by atomic mass is 10.2. The zero-order chi connectivity index (χ0) is 19.8. The zero-order valence-corrected chi connectivity index (χ0v) is 17.5. The van der Waals surface area contributed by atoms with Crippen LogP contribution in [0.3, 0.4) is 0 Å². The second-order valence-electron chi connectivity index (χ2n) is 6.73. The molecule has 0 aliphatic rings. The van der Waals surface area contributed by atoms with Crippen LogP contribution in [0.15, 0.2) is 60.0 Å². The third kappa shape index (κ3) is 6.16. The van der Waals surface area contributed by atoms with Gasteiger partial charge in [-0.2, -0.15) is 0 Å². The SMILES string of the molecule is CN(CCCNC(=O)Cc1csc(-c2ccccc2Cl)n1)Cc1ccccc1. The first kappa shape index (κ1) is 20.5. The lowest BCUT2D eigenvalue weighted by Crippen LogP contribution is -2.29. The van der Waals surface area contributed by atoms with Crippen molar-refractivity contribution < 1.29 is 4.79 Å². The summed E-state index contributed by atoms with van der Waals surface area (Å²) in [5.41, 5.74) is 2.98. The van der Waals surface area contributed by atoms with Gasteiger partial charge in [0.05, 0.1) is 17.1 Å². The van der Waals surface area contributed by atoms with E-state index in [1.165, 1.54) is 16.9 Å². The summed E-state index contributed by atoms with van der Waals surface area (Å²) in [7, 11) is 2.10. The van der Waals surface area contributed by atoms with Crippen LogP contribution in [-0.4, -0.2) is 35.9 Å². The van der Waals surface area contributed by atoms with Crippen molar-refractivity contribution in [2.45, 2.75) is 19.4 Å². The second-order valence-corrected chi connectivity index (χ2v) is 7.99. The lowest BCUT2D eigenvalue weighted by Gasteiger charge is -2.16. The molecule has 0 atom stereocenters. The Morgan fingerprint density at radius 3 is 2.68 bits per heavy atom. The summed E-state index contributed by atoms with van der Waals surface area (Å²) in [6.45, 7) is 2.51. The molecule has 1 amide bonds. The fraction of sp³-hybridized carbons (Fsp3) is 0.273. The minimum Gasteiger partial charge on any atom is -0.356 e. The van der Waals surface area contributed by atoms with Crippen LogP contribution < -0.4 is 5.32 Å². The van der Waals surface area contributed by atoms with Crippen LogP contribution in [0.5, 0.6) is 0 Å². The normalized spacial score (nSPS) is 11.0. The number of nitrogens with zero attached hydrogens (tertiary/aromatic N) is 2. The molecule has 0 fully saturated rings. The maximum Gasteiger partial charge on any atom is 0.226 e. The van der Waals surface area contributed by atoms with Gasteiger partial charge in [-0.15, -0.1) is 11.3 Å². The van der Waals surface area contributed by atoms with E-state index in [0.717, 1.165) is 35.8 Å². The van der Waals surface area contributed by atoms with E-state index in [1.807, 2.05) is 35.7 Å². The van der Waals surface area contributed by atoms with Crippen molar-refractivity contribution in [2.75, 3.05) is 20.1 Å². The summed E-state index contributed by atoms with van der Waals surface area (Å²) in [4.78, 5) is 19.0. The predicted molar refractivity (Wildman–Crippen MR) is 117 cm³/mol. The molecule has 0 spiro atoms. The molecule has 2 aromatic carbocycles. The molecule has 0 aliphatic carbocycles. The van der Waals surface area contributed by atoms with Gasteiger partial charge in [0.15, 0.2) is 0 Å². The van der Waals surface area contributed by atoms with Crippen LogP contribution in [0.1, 0.15) is 17.7 Å². The van der Waals surface area contributed by atoms with Crippen molar-refractivity contribution in [3.8, 4) is 10.6 Å². The van der Waals surface area contributed by atoms with E-state index < -0.39 is 0 Å². The fourth-order valence-corrected chi connectivity index (χ4v) is 4.06. The Labute approximate surface area is 175 Å². The quantitative estimate of drug-likeness (QED) is 0.519. The molecule has 146 valence electrons. The summed E-state index contributed by atoms with van der Waals surface area (Å²) in [5, 5.41) is 6.42. The third-order valence-corrected chi connectivity index (χ3v) is 5.59. The largest absolute Gasteiger partial charge is 0.356 e. The zero-order valence-electron chi connectivity index (χ0n) is 15.9. The van der Waals surface area contributed by atoms with E-state index in [-0.39, 0.29) is 5.91 Å². The minimum absolute atomic E-state index is 0.00159. The van der Waals surface area contributed by atoms with E-state index >= 15 is 0 Å². The highest BCUT2D eigenvalue weighted by atomic mass is 35.5. The monoisotopic (exact) mass is 413 g/mol. The van der Waals surface area contributed by atoms with Crippen LogP contribution in [0.4, 0.5) is 0 Å². The van der Waals surface area contributed by atoms with Crippen molar-refractivity contribution in [2.24, 2.45) is 0 Å². The van der Waals surface area contributed by atoms with Crippen molar-refractivity contribution in [1.29, 1.82) is 0 Å². The molecule has 0 saturated heterocycles. The smallest absolute Gasteiger partial charge is 0.226 e. The maximum atomic E-state index is 12.2. The van der Waals surface area contributed by atoms with Gasteiger partial charge in [-0.1, -0.05) is 60.1 Å². The second kappa shape index (κ2) is 10.4. The van der Waals surface area contributed by atoms with Gasteiger partial charge in [0.2, 0.25) is 5.91 Å². The molecule has 1 heterocycles. The first-order valence-electron chi connectivity index (χ1n) is 9.30. The van der Waals surface area contributed by atoms with Crippen molar-refractivity contribution in [3.05, 3.63) is 76.3 Å². The Balaban J connectivity index is 1.38. The Kier molecular flexibility index (Phi) is 7.60. The van der Waals surface area contributed by atoms with E-state index in [2.05, 4.69) is 46.5 Å². The van der Waals surface area contributed by atoms with Crippen LogP contribution in [-0.2, 0) is 17.8 Å². The Hall–Kier alpha value is -2.21. The van der Waals surface area contributed by atoms with Crippen LogP contribution in [0.2, 0.25) is 5.02 Å². The summed E-state index contributed by atoms with van der Waals surface area (Å²) in [6, 6.07) is 18.0. The highest BCUT2D eigenvalue weighted by Gasteiger charge is 2.11. The molecule has 3 rings (SSSR count). The van der Waals surface area contributed by atoms with Crippen molar-refractivity contribution in [1.82, 2.24) is 15.2 Å². The number of benzene rings is 2. The van der Waals surface area contributed by atoms with Gasteiger partial charge in [0, 0.05) is 24.0 Å². The Morgan fingerprint density at radius 1 is 1.14 bits per heavy atom. The van der Waals surface area contributed by atoms with Gasteiger partial charge in [-0.05, 0) is 31.6 Å². The topological polar surface area (TPSA) is 45.2 Å². The molecule has 28 heavy (non-hydrogen) atoms. The van der Waals surface area contributed by atoms with E-state index in [1.54, 1.807) is 0 Å². The van der Waals surface area contributed by atoms with Gasteiger partial charge >= 0.3 is 0 Å². The van der Waals surface area contributed by atoms with E-state index in [4.69, 9.17) is 11.6 Å². The number of thiazole rings is 1. The highest BCUT2D eigenvalue weighted by Crippen LogP contribution is 2.30. The number of carbonyl (C=O) groups is 1. The first-order chi connectivity index (χ1) is 13.6. The number of rotatable bonds is 9. The molecule has 0 saturated carbocycles. The number of nitrogens with one attached hydrogen (secondary N) is 1. The van der Waals surface area contributed by atoms with Crippen molar-refractivity contribution >= 4 is 28.8 Å². The fourth-order valence-electron chi connectivity index (χ4n) is 2.92. The third-order valence-electron chi connectivity index (χ3n) is 4.33. The highest BCUT2D eigenvalue weighted by molar-refractivity contribution is 7.13. The number of hydrogen-bond donors (Lipinski definition) is 1. The molecule has 1 aromatic heterocycles. The molecule has 6 heteroatoms. The summed E-state index contributed by atoms with van der Waals surface area (Å²) in [5.74, 6) is 0.00159. The Morgan fingerprint density at radius 2 is 1.89 bits per heavy atom. The van der Waals surface area contributed by atoms with E-state index in [0.29, 0.717) is 18.0 Å². The van der Waals surface area contributed by atoms with Crippen molar-refractivity contribution in [3.63, 3.8) is 0 Å². The molecule has 0 aliphatic heterocycles. The summed E-state index contributed by atoms with van der Waals surface area (Å²) >= 11 is 7.73. The van der Waals surface area contributed by atoms with Gasteiger partial charge < -0.3 is 10.2 Å². The van der Waals surface area contributed by atoms with E-state index in [9.17, 15) is 4.79 Å². The van der Waals surface area contributed by atoms with Crippen LogP contribution in [0.25, 0.3) is 10.6 Å². The maximum absolute atomic E-state index is 12.2. The average molecular weight is 414 g/mol. The van der Waals surface area contributed by atoms with Gasteiger partial charge in [-0.25, -0.2) is 4.98 Å². The van der Waals surface area contributed by atoms with Crippen LogP contribution >= 0.6 is 22.9 Å². The summed E-state index contributed by atoms with van der Waals surface area (Å²) in [6.07, 6.45) is 1.21. The molecular weight excluding hydrogens is 390 g/mol. The van der Waals surface area contributed by atoms with Crippen LogP contribution in [0, 0.1) is 0 Å². The Bertz CT molecular complexity index is 898.